The second kappa shape index (κ2) is 22.0. The van der Waals surface area contributed by atoms with E-state index in [4.69, 9.17) is 0 Å². The van der Waals surface area contributed by atoms with Crippen LogP contribution in [0.3, 0.4) is 0 Å². The zero-order chi connectivity index (χ0) is 47.0. The highest BCUT2D eigenvalue weighted by atomic mass is 32.1. The molecule has 0 radical (unpaired) electrons. The monoisotopic (exact) mass is 928 g/mol. The van der Waals surface area contributed by atoms with Crippen LogP contribution >= 0.6 is 22.7 Å². The lowest BCUT2D eigenvalue weighted by Gasteiger charge is -2.25. The molecule has 2 nitrogen and oxygen atoms in total. The van der Waals surface area contributed by atoms with Crippen LogP contribution in [0.4, 0.5) is 32.8 Å². The van der Waals surface area contributed by atoms with Gasteiger partial charge in [0.05, 0.1) is 11.4 Å². The van der Waals surface area contributed by atoms with Gasteiger partial charge in [-0.25, -0.2) is 0 Å². The number of hydrogen-bond donors (Lipinski definition) is 0. The molecule has 9 rings (SSSR count). The largest absolute Gasteiger partial charge is 0.301 e. The summed E-state index contributed by atoms with van der Waals surface area (Å²) in [6, 6.07) is 54.4. The Balaban J connectivity index is 1.32. The topological polar surface area (TPSA) is 6.48 Å². The fourth-order valence-corrected chi connectivity index (χ4v) is 13.1. The van der Waals surface area contributed by atoms with E-state index in [0.717, 1.165) is 35.3 Å². The Morgan fingerprint density at radius 1 is 0.456 bits per heavy atom. The second-order valence-corrected chi connectivity index (χ2v) is 20.8. The number of thiophene rings is 2. The van der Waals surface area contributed by atoms with Crippen LogP contribution < -0.4 is 9.80 Å². The van der Waals surface area contributed by atoms with Gasteiger partial charge in [-0.05, 0) is 130 Å². The number of anilines is 6. The zero-order valence-electron chi connectivity index (χ0n) is 40.8. The highest BCUT2D eigenvalue weighted by molar-refractivity contribution is 7.25. The first-order valence-electron chi connectivity index (χ1n) is 25.5. The third-order valence-corrected chi connectivity index (χ3v) is 16.9. The zero-order valence-corrected chi connectivity index (χ0v) is 42.4. The molecule has 2 heterocycles. The molecule has 0 saturated heterocycles. The van der Waals surface area contributed by atoms with Gasteiger partial charge in [-0.3, -0.25) is 0 Å². The number of rotatable bonds is 22. The first kappa shape index (κ1) is 47.1. The maximum absolute atomic E-state index is 4.09. The normalized spacial score (nSPS) is 12.5. The van der Waals surface area contributed by atoms with E-state index in [2.05, 4.69) is 196 Å². The average Bonchev–Trinajstić information content (AvgIpc) is 4.03. The average molecular weight is 929 g/mol. The van der Waals surface area contributed by atoms with Gasteiger partial charge in [-0.2, -0.15) is 0 Å². The van der Waals surface area contributed by atoms with Crippen LogP contribution in [0.15, 0.2) is 159 Å². The molecule has 0 aliphatic heterocycles. The molecule has 0 N–H and O–H groups in total. The van der Waals surface area contributed by atoms with Gasteiger partial charge in [0.25, 0.3) is 0 Å². The van der Waals surface area contributed by atoms with Gasteiger partial charge >= 0.3 is 0 Å². The molecule has 0 aliphatic carbocycles. The van der Waals surface area contributed by atoms with E-state index in [1.165, 1.54) is 138 Å². The molecule has 9 aromatic rings. The molecule has 2 aromatic heterocycles. The van der Waals surface area contributed by atoms with Crippen molar-refractivity contribution in [2.45, 2.75) is 105 Å². The van der Waals surface area contributed by atoms with Crippen molar-refractivity contribution in [2.75, 3.05) is 9.80 Å². The van der Waals surface area contributed by atoms with E-state index >= 15 is 0 Å². The number of benzene rings is 7. The predicted octanol–water partition coefficient (Wildman–Crippen LogP) is 20.9. The number of aryl methyl sites for hydroxylation is 2. The van der Waals surface area contributed by atoms with Gasteiger partial charge in [0.1, 0.15) is 10.0 Å². The lowest BCUT2D eigenvalue weighted by molar-refractivity contribution is 0.422. The quantitative estimate of drug-likeness (QED) is 0.0668. The molecule has 2 atom stereocenters. The van der Waals surface area contributed by atoms with E-state index in [9.17, 15) is 0 Å². The summed E-state index contributed by atoms with van der Waals surface area (Å²) in [5.74, 6) is 1.40. The highest BCUT2D eigenvalue weighted by Crippen LogP contribution is 2.52. The molecule has 0 amide bonds. The first-order valence-corrected chi connectivity index (χ1v) is 27.1. The minimum Gasteiger partial charge on any atom is -0.301 e. The minimum absolute atomic E-state index is 0.701. The Morgan fingerprint density at radius 2 is 0.853 bits per heavy atom. The van der Waals surface area contributed by atoms with Crippen LogP contribution in [-0.2, 0) is 12.8 Å². The highest BCUT2D eigenvalue weighted by Gasteiger charge is 2.27. The van der Waals surface area contributed by atoms with E-state index in [-0.39, 0.29) is 0 Å². The first-order chi connectivity index (χ1) is 33.5. The van der Waals surface area contributed by atoms with Crippen molar-refractivity contribution in [2.24, 2.45) is 11.8 Å². The summed E-state index contributed by atoms with van der Waals surface area (Å²) in [6.07, 6.45) is 18.5. The number of nitrogens with zero attached hydrogens (tertiary/aromatic N) is 2. The number of unbranched alkanes of at least 4 members (excludes halogenated alkanes) is 2. The Morgan fingerprint density at radius 3 is 1.24 bits per heavy atom. The molecule has 2 unspecified atom stereocenters. The van der Waals surface area contributed by atoms with Gasteiger partial charge in [0.2, 0.25) is 0 Å². The Labute approximate surface area is 414 Å². The SMILES string of the molecule is C=Cc1ccc(N(c2cc3c(CCC(CC)CCCC)c4sc(N(c5ccc(C=C)cc5)c5cccc6ccccc56)cc4c(CCC(CC)CCCC)c3s2)c2cccc3ccccc23)cc1. The predicted molar refractivity (Wildman–Crippen MR) is 305 cm³/mol. The van der Waals surface area contributed by atoms with Gasteiger partial charge in [-0.1, -0.05) is 201 Å². The van der Waals surface area contributed by atoms with Crippen molar-refractivity contribution < 1.29 is 0 Å². The van der Waals surface area contributed by atoms with Crippen LogP contribution in [-0.4, -0.2) is 0 Å². The molecule has 4 heteroatoms. The van der Waals surface area contributed by atoms with Crippen molar-refractivity contribution in [3.63, 3.8) is 0 Å². The summed E-state index contributed by atoms with van der Waals surface area (Å²) in [6.45, 7) is 17.7. The smallest absolute Gasteiger partial charge is 0.101 e. The third-order valence-electron chi connectivity index (χ3n) is 14.6. The van der Waals surface area contributed by atoms with E-state index in [1.807, 2.05) is 34.8 Å². The van der Waals surface area contributed by atoms with E-state index < -0.39 is 0 Å². The molecule has 0 saturated carbocycles. The minimum atomic E-state index is 0.701. The van der Waals surface area contributed by atoms with Gasteiger partial charge in [0, 0.05) is 31.5 Å². The molecule has 7 aromatic carbocycles. The molecule has 68 heavy (non-hydrogen) atoms. The molecular formula is C64H68N2S2. The standard InChI is InChI=1S/C64H68N2S2/c1-7-13-21-45(9-3)35-41-55-57-43-61(65(51-37-31-47(11-5)32-38-51)59-29-19-25-49-23-15-17-27-53(49)59)68-64(57)56(42-36-46(10-4)22-14-8-2)58-44-62(67-63(55)58)66(52-39-33-48(12-6)34-40-52)60-30-20-26-50-24-16-18-28-54(50)60/h11-12,15-20,23-34,37-40,43-46H,5-10,13-14,21-22,35-36,41-42H2,1-4H3. The van der Waals surface area contributed by atoms with Crippen LogP contribution in [0, 0.1) is 11.8 Å². The van der Waals surface area contributed by atoms with Crippen molar-refractivity contribution in [1.82, 2.24) is 0 Å². The van der Waals surface area contributed by atoms with Gasteiger partial charge in [-0.15, -0.1) is 22.7 Å². The maximum Gasteiger partial charge on any atom is 0.101 e. The Hall–Kier alpha value is -5.94. The molecule has 0 fully saturated rings. The summed E-state index contributed by atoms with van der Waals surface area (Å²) in [7, 11) is 0. The van der Waals surface area contributed by atoms with E-state index in [0.29, 0.717) is 11.8 Å². The van der Waals surface area contributed by atoms with Crippen molar-refractivity contribution in [1.29, 1.82) is 0 Å². The molecular weight excluding hydrogens is 861 g/mol. The molecule has 346 valence electrons. The lowest BCUT2D eigenvalue weighted by atomic mass is 9.88. The third kappa shape index (κ3) is 9.82. The van der Waals surface area contributed by atoms with Crippen molar-refractivity contribution in [3.8, 4) is 0 Å². The number of hydrogen-bond acceptors (Lipinski definition) is 4. The fraction of sp³-hybridized carbons (Fsp3) is 0.281. The second-order valence-electron chi connectivity index (χ2n) is 18.8. The Bertz CT molecular complexity index is 2860. The summed E-state index contributed by atoms with van der Waals surface area (Å²) >= 11 is 4.01. The Kier molecular flexibility index (Phi) is 15.3. The van der Waals surface area contributed by atoms with Crippen LogP contribution in [0.1, 0.15) is 114 Å². The summed E-state index contributed by atoms with van der Waals surface area (Å²) in [5, 5.41) is 10.4. The lowest BCUT2D eigenvalue weighted by Crippen LogP contribution is -2.09. The van der Waals surface area contributed by atoms with Gasteiger partial charge < -0.3 is 9.80 Å². The summed E-state index contributed by atoms with van der Waals surface area (Å²) < 4.78 is 2.91. The van der Waals surface area contributed by atoms with Crippen molar-refractivity contribution in [3.05, 3.63) is 181 Å². The number of fused-ring (bicyclic) bond motifs is 4. The summed E-state index contributed by atoms with van der Waals surface area (Å²) in [5.41, 5.74) is 10.0. The maximum atomic E-state index is 4.09. The van der Waals surface area contributed by atoms with E-state index in [1.54, 1.807) is 0 Å². The van der Waals surface area contributed by atoms with Crippen LogP contribution in [0.25, 0.3) is 53.9 Å². The van der Waals surface area contributed by atoms with Crippen LogP contribution in [0.2, 0.25) is 0 Å². The van der Waals surface area contributed by atoms with Gasteiger partial charge in [0.15, 0.2) is 0 Å². The molecule has 0 spiro atoms. The molecule has 0 aliphatic rings. The van der Waals surface area contributed by atoms with Crippen molar-refractivity contribution >= 4 is 109 Å². The van der Waals surface area contributed by atoms with Crippen LogP contribution in [0.5, 0.6) is 0 Å². The fourth-order valence-electron chi connectivity index (χ4n) is 10.5. The summed E-state index contributed by atoms with van der Waals surface area (Å²) in [4.78, 5) is 5.07. The molecule has 0 bridgehead atoms.